The standard InChI is InChI=1S/C44H26N2OS2/c1-2-9-26(10-3-1)43-45-44(28-18-22-39-36(24-28)32-12-5-7-16-38(32)48-39)46(43)29-19-20-33-35-23-27(17-21-40(35)49-41(33)25-29)30-13-8-14-34-31-11-4-6-15-37(31)47-42(30)34/h1-25,44H/p+1. The number of amidine groups is 1. The van der Waals surface area contributed by atoms with Crippen LogP contribution in [-0.4, -0.2) is 10.4 Å². The van der Waals surface area contributed by atoms with Crippen LogP contribution in [0.1, 0.15) is 17.3 Å². The summed E-state index contributed by atoms with van der Waals surface area (Å²) in [6, 6.07) is 54.9. The number of benzene rings is 7. The van der Waals surface area contributed by atoms with Crippen molar-refractivity contribution < 1.29 is 8.99 Å². The van der Waals surface area contributed by atoms with E-state index in [1.165, 1.54) is 62.7 Å². The Kier molecular flexibility index (Phi) is 5.76. The van der Waals surface area contributed by atoms with E-state index in [4.69, 9.17) is 4.42 Å². The maximum atomic E-state index is 6.40. The molecule has 1 unspecified atom stereocenters. The zero-order valence-electron chi connectivity index (χ0n) is 26.2. The normalized spacial score (nSPS) is 14.8. The van der Waals surface area contributed by atoms with Crippen molar-refractivity contribution in [1.82, 2.24) is 5.32 Å². The first-order valence-corrected chi connectivity index (χ1v) is 18.2. The minimum atomic E-state index is 0.0287. The average molecular weight is 664 g/mol. The van der Waals surface area contributed by atoms with Gasteiger partial charge < -0.3 is 4.42 Å². The molecule has 11 rings (SSSR count). The number of hydrogen-bond donors (Lipinski definition) is 1. The van der Waals surface area contributed by atoms with Gasteiger partial charge in [0.25, 0.3) is 12.0 Å². The monoisotopic (exact) mass is 663 g/mol. The Morgan fingerprint density at radius 1 is 0.490 bits per heavy atom. The summed E-state index contributed by atoms with van der Waals surface area (Å²) in [5, 5.41) is 11.3. The topological polar surface area (TPSA) is 28.2 Å². The molecule has 230 valence electrons. The minimum absolute atomic E-state index is 0.0287. The van der Waals surface area contributed by atoms with Gasteiger partial charge >= 0.3 is 0 Å². The SMILES string of the molecule is c1ccc(C2=[N+](c3ccc4c(c3)sc3ccc(-c5cccc6c5oc5ccccc56)cc34)C(c3ccc4sc5ccccc5c4c3)N2)cc1. The van der Waals surface area contributed by atoms with Gasteiger partial charge in [0, 0.05) is 68.3 Å². The lowest BCUT2D eigenvalue weighted by atomic mass is 10.00. The third kappa shape index (κ3) is 4.10. The summed E-state index contributed by atoms with van der Waals surface area (Å²) in [5.41, 5.74) is 7.79. The molecule has 3 aromatic heterocycles. The number of thiophene rings is 2. The molecule has 0 bridgehead atoms. The van der Waals surface area contributed by atoms with Gasteiger partial charge in [-0.2, -0.15) is 4.58 Å². The zero-order valence-corrected chi connectivity index (χ0v) is 27.8. The highest BCUT2D eigenvalue weighted by Crippen LogP contribution is 2.43. The molecule has 1 aliphatic rings. The lowest BCUT2D eigenvalue weighted by molar-refractivity contribution is -0.531. The molecule has 10 aromatic rings. The van der Waals surface area contributed by atoms with Gasteiger partial charge in [0.1, 0.15) is 16.9 Å². The first-order chi connectivity index (χ1) is 24.3. The van der Waals surface area contributed by atoms with Crippen LogP contribution in [0.25, 0.3) is 73.4 Å². The Hall–Kier alpha value is -5.75. The fourth-order valence-electron chi connectivity index (χ4n) is 7.63. The Labute approximate surface area is 289 Å². The van der Waals surface area contributed by atoms with Gasteiger partial charge in [-0.05, 0) is 72.3 Å². The largest absolute Gasteiger partial charge is 0.455 e. The number of nitrogens with zero attached hydrogens (tertiary/aromatic N) is 1. The van der Waals surface area contributed by atoms with Crippen LogP contribution in [0.15, 0.2) is 156 Å². The summed E-state index contributed by atoms with van der Waals surface area (Å²) in [6.07, 6.45) is 0.0287. The van der Waals surface area contributed by atoms with Crippen molar-refractivity contribution in [3.05, 3.63) is 163 Å². The molecule has 1 aliphatic heterocycles. The van der Waals surface area contributed by atoms with Crippen molar-refractivity contribution in [3.8, 4) is 11.1 Å². The van der Waals surface area contributed by atoms with E-state index >= 15 is 0 Å². The average Bonchev–Trinajstić information content (AvgIpc) is 3.82. The molecular weight excluding hydrogens is 637 g/mol. The van der Waals surface area contributed by atoms with Crippen LogP contribution in [-0.2, 0) is 0 Å². The quantitative estimate of drug-likeness (QED) is 0.190. The molecule has 0 radical (unpaired) electrons. The van der Waals surface area contributed by atoms with Crippen molar-refractivity contribution in [2.45, 2.75) is 6.17 Å². The number of fused-ring (bicyclic) bond motifs is 9. The lowest BCUT2D eigenvalue weighted by Crippen LogP contribution is -2.51. The van der Waals surface area contributed by atoms with Gasteiger partial charge in [0.2, 0.25) is 0 Å². The highest BCUT2D eigenvalue weighted by Gasteiger charge is 2.40. The first kappa shape index (κ1) is 27.2. The Bertz CT molecular complexity index is 2980. The van der Waals surface area contributed by atoms with Crippen LogP contribution >= 0.6 is 22.7 Å². The molecule has 0 aliphatic carbocycles. The summed E-state index contributed by atoms with van der Waals surface area (Å²) >= 11 is 3.72. The van der Waals surface area contributed by atoms with Crippen LogP contribution in [0.4, 0.5) is 5.69 Å². The molecule has 3 nitrogen and oxygen atoms in total. The lowest BCUT2D eigenvalue weighted by Gasteiger charge is -2.29. The summed E-state index contributed by atoms with van der Waals surface area (Å²) in [4.78, 5) is 0. The predicted molar refractivity (Wildman–Crippen MR) is 208 cm³/mol. The summed E-state index contributed by atoms with van der Waals surface area (Å²) in [6.45, 7) is 0. The summed E-state index contributed by atoms with van der Waals surface area (Å²) in [7, 11) is 0. The highest BCUT2D eigenvalue weighted by molar-refractivity contribution is 7.26. The van der Waals surface area contributed by atoms with E-state index in [9.17, 15) is 0 Å². The Morgan fingerprint density at radius 3 is 2.12 bits per heavy atom. The molecule has 0 fully saturated rings. The van der Waals surface area contributed by atoms with Crippen molar-refractivity contribution in [3.63, 3.8) is 0 Å². The third-order valence-corrected chi connectivity index (χ3v) is 12.3. The smallest absolute Gasteiger partial charge is 0.289 e. The van der Waals surface area contributed by atoms with Gasteiger partial charge in [-0.25, -0.2) is 5.32 Å². The van der Waals surface area contributed by atoms with Crippen LogP contribution in [0.2, 0.25) is 0 Å². The molecule has 1 atom stereocenters. The molecule has 0 saturated heterocycles. The fourth-order valence-corrected chi connectivity index (χ4v) is 9.83. The first-order valence-electron chi connectivity index (χ1n) is 16.5. The van der Waals surface area contributed by atoms with E-state index in [1.807, 2.05) is 34.8 Å². The summed E-state index contributed by atoms with van der Waals surface area (Å²) < 4.78 is 14.1. The second-order valence-corrected chi connectivity index (χ2v) is 14.9. The highest BCUT2D eigenvalue weighted by atomic mass is 32.1. The predicted octanol–water partition coefficient (Wildman–Crippen LogP) is 12.4. The van der Waals surface area contributed by atoms with Crippen LogP contribution in [0, 0.1) is 0 Å². The maximum Gasteiger partial charge on any atom is 0.289 e. The molecule has 7 aromatic carbocycles. The fraction of sp³-hybridized carbons (Fsp3) is 0.0227. The van der Waals surface area contributed by atoms with E-state index in [0.29, 0.717) is 0 Å². The van der Waals surface area contributed by atoms with Crippen molar-refractivity contribution in [2.24, 2.45) is 0 Å². The number of nitrogens with one attached hydrogen (secondary N) is 1. The van der Waals surface area contributed by atoms with E-state index in [1.54, 1.807) is 0 Å². The second kappa shape index (κ2) is 10.4. The molecular formula is C44H27N2OS2+. The Balaban J connectivity index is 1.04. The van der Waals surface area contributed by atoms with Gasteiger partial charge in [0.15, 0.2) is 0 Å². The van der Waals surface area contributed by atoms with Gasteiger partial charge in [0.05, 0.1) is 5.56 Å². The molecule has 4 heterocycles. The molecule has 0 saturated carbocycles. The minimum Gasteiger partial charge on any atom is -0.455 e. The van der Waals surface area contributed by atoms with E-state index < -0.39 is 0 Å². The molecule has 5 heteroatoms. The molecule has 0 spiro atoms. The van der Waals surface area contributed by atoms with E-state index in [0.717, 1.165) is 33.3 Å². The van der Waals surface area contributed by atoms with Gasteiger partial charge in [-0.15, -0.1) is 22.7 Å². The molecule has 49 heavy (non-hydrogen) atoms. The van der Waals surface area contributed by atoms with Crippen LogP contribution in [0.3, 0.4) is 0 Å². The third-order valence-electron chi connectivity index (χ3n) is 9.98. The van der Waals surface area contributed by atoms with E-state index in [2.05, 4.69) is 149 Å². The Morgan fingerprint density at radius 2 is 1.20 bits per heavy atom. The second-order valence-electron chi connectivity index (χ2n) is 12.8. The van der Waals surface area contributed by atoms with Crippen molar-refractivity contribution in [2.75, 3.05) is 0 Å². The van der Waals surface area contributed by atoms with Crippen molar-refractivity contribution >= 4 is 96.5 Å². The number of hydrogen-bond acceptors (Lipinski definition) is 4. The number of rotatable bonds is 4. The molecule has 0 amide bonds. The molecule has 1 N–H and O–H groups in total. The number of furan rings is 1. The van der Waals surface area contributed by atoms with Crippen LogP contribution in [0.5, 0.6) is 0 Å². The maximum absolute atomic E-state index is 6.40. The van der Waals surface area contributed by atoms with E-state index in [-0.39, 0.29) is 6.17 Å². The number of para-hydroxylation sites is 2. The van der Waals surface area contributed by atoms with Gasteiger partial charge in [-0.1, -0.05) is 78.9 Å². The zero-order chi connectivity index (χ0) is 32.1. The van der Waals surface area contributed by atoms with Crippen LogP contribution < -0.4 is 5.32 Å². The summed E-state index contributed by atoms with van der Waals surface area (Å²) in [5.74, 6) is 1.13. The van der Waals surface area contributed by atoms with Crippen molar-refractivity contribution in [1.29, 1.82) is 0 Å². The van der Waals surface area contributed by atoms with Gasteiger partial charge in [-0.3, -0.25) is 0 Å².